The molecule has 1 amide bonds. The molecule has 0 aromatic heterocycles. The average Bonchev–Trinajstić information content (AvgIpc) is 2.75. The molecular weight excluding hydrogens is 382 g/mol. The van der Waals surface area contributed by atoms with Crippen molar-refractivity contribution < 1.29 is 13.2 Å². The minimum Gasteiger partial charge on any atom is -0.378 e. The van der Waals surface area contributed by atoms with E-state index in [1.165, 1.54) is 6.07 Å². The van der Waals surface area contributed by atoms with E-state index in [0.29, 0.717) is 12.1 Å². The number of fused-ring (bicyclic) bond motifs is 1. The third kappa shape index (κ3) is 4.82. The molecular formula is C19H23N3O3S2. The first-order valence-electron chi connectivity index (χ1n) is 8.61. The van der Waals surface area contributed by atoms with Crippen LogP contribution in [0.4, 0.5) is 11.4 Å². The molecule has 3 rings (SSSR count). The number of carbonyl (C=O) groups is 1. The topological polar surface area (TPSA) is 78.5 Å². The summed E-state index contributed by atoms with van der Waals surface area (Å²) in [5, 5.41) is 2.95. The molecule has 0 radical (unpaired) electrons. The van der Waals surface area contributed by atoms with Crippen LogP contribution in [0.3, 0.4) is 0 Å². The zero-order valence-corrected chi connectivity index (χ0v) is 17.2. The van der Waals surface area contributed by atoms with E-state index in [0.717, 1.165) is 16.1 Å². The van der Waals surface area contributed by atoms with Crippen molar-refractivity contribution in [1.29, 1.82) is 0 Å². The SMILES string of the molecule is C[C@H]1CC(=O)Nc2cc(S(=O)(=O)NCc3ccc(N(C)C)cc3)ccc2S1. The molecule has 6 nitrogen and oxygen atoms in total. The molecule has 1 atom stereocenters. The van der Waals surface area contributed by atoms with Gasteiger partial charge in [-0.1, -0.05) is 19.1 Å². The number of anilines is 2. The molecule has 0 saturated heterocycles. The van der Waals surface area contributed by atoms with Gasteiger partial charge in [-0.25, -0.2) is 13.1 Å². The van der Waals surface area contributed by atoms with Gasteiger partial charge in [0.15, 0.2) is 0 Å². The maximum absolute atomic E-state index is 12.7. The Morgan fingerprint density at radius 3 is 2.56 bits per heavy atom. The zero-order chi connectivity index (χ0) is 19.6. The lowest BCUT2D eigenvalue weighted by atomic mass is 10.2. The van der Waals surface area contributed by atoms with Crippen LogP contribution >= 0.6 is 11.8 Å². The summed E-state index contributed by atoms with van der Waals surface area (Å²) in [6, 6.07) is 12.5. The Morgan fingerprint density at radius 2 is 1.89 bits per heavy atom. The van der Waals surface area contributed by atoms with E-state index in [2.05, 4.69) is 10.0 Å². The highest BCUT2D eigenvalue weighted by Gasteiger charge is 2.22. The molecule has 1 aliphatic heterocycles. The largest absolute Gasteiger partial charge is 0.378 e. The van der Waals surface area contributed by atoms with E-state index >= 15 is 0 Å². The van der Waals surface area contributed by atoms with E-state index in [1.54, 1.807) is 23.9 Å². The molecule has 2 aromatic carbocycles. The summed E-state index contributed by atoms with van der Waals surface area (Å²) in [6.45, 7) is 2.18. The van der Waals surface area contributed by atoms with E-state index in [1.807, 2.05) is 50.2 Å². The fourth-order valence-electron chi connectivity index (χ4n) is 2.77. The van der Waals surface area contributed by atoms with Crippen LogP contribution in [0.5, 0.6) is 0 Å². The highest BCUT2D eigenvalue weighted by molar-refractivity contribution is 8.00. The van der Waals surface area contributed by atoms with E-state index in [4.69, 9.17) is 0 Å². The molecule has 2 N–H and O–H groups in total. The molecule has 1 heterocycles. The lowest BCUT2D eigenvalue weighted by molar-refractivity contribution is -0.116. The summed E-state index contributed by atoms with van der Waals surface area (Å²) in [6.07, 6.45) is 0.405. The van der Waals surface area contributed by atoms with Crippen LogP contribution in [-0.4, -0.2) is 33.7 Å². The van der Waals surface area contributed by atoms with Gasteiger partial charge in [0.2, 0.25) is 15.9 Å². The molecule has 0 aliphatic carbocycles. The van der Waals surface area contributed by atoms with Crippen molar-refractivity contribution in [3.63, 3.8) is 0 Å². The summed E-state index contributed by atoms with van der Waals surface area (Å²) < 4.78 is 27.9. The van der Waals surface area contributed by atoms with Gasteiger partial charge in [0.25, 0.3) is 0 Å². The standard InChI is InChI=1S/C19H23N3O3S2/c1-13-10-19(23)21-17-11-16(8-9-18(17)26-13)27(24,25)20-12-14-4-6-15(7-5-14)22(2)3/h4-9,11,13,20H,10,12H2,1-3H3,(H,21,23)/t13-/m0/s1. The van der Waals surface area contributed by atoms with Crippen molar-refractivity contribution in [3.05, 3.63) is 48.0 Å². The Balaban J connectivity index is 1.76. The lowest BCUT2D eigenvalue weighted by Crippen LogP contribution is -2.23. The van der Waals surface area contributed by atoms with Gasteiger partial charge in [-0.15, -0.1) is 11.8 Å². The third-order valence-electron chi connectivity index (χ3n) is 4.26. The highest BCUT2D eigenvalue weighted by Crippen LogP contribution is 2.36. The van der Waals surface area contributed by atoms with Crippen LogP contribution in [0.2, 0.25) is 0 Å². The molecule has 2 aromatic rings. The van der Waals surface area contributed by atoms with Crippen molar-refractivity contribution >= 4 is 39.1 Å². The van der Waals surface area contributed by atoms with E-state index < -0.39 is 10.0 Å². The molecule has 0 bridgehead atoms. The van der Waals surface area contributed by atoms with Crippen molar-refractivity contribution in [2.75, 3.05) is 24.3 Å². The molecule has 27 heavy (non-hydrogen) atoms. The Labute approximate surface area is 164 Å². The lowest BCUT2D eigenvalue weighted by Gasteiger charge is -2.13. The fraction of sp³-hybridized carbons (Fsp3) is 0.316. The third-order valence-corrected chi connectivity index (χ3v) is 6.83. The van der Waals surface area contributed by atoms with Gasteiger partial charge in [0.1, 0.15) is 0 Å². The molecule has 144 valence electrons. The number of thioether (sulfide) groups is 1. The summed E-state index contributed by atoms with van der Waals surface area (Å²) in [7, 11) is 0.222. The van der Waals surface area contributed by atoms with Crippen LogP contribution in [0, 0.1) is 0 Å². The second-order valence-corrected chi connectivity index (χ2v) is 9.97. The van der Waals surface area contributed by atoms with Gasteiger partial charge in [-0.05, 0) is 35.9 Å². The summed E-state index contributed by atoms with van der Waals surface area (Å²) >= 11 is 1.57. The predicted molar refractivity (Wildman–Crippen MR) is 110 cm³/mol. The van der Waals surface area contributed by atoms with Crippen molar-refractivity contribution in [3.8, 4) is 0 Å². The van der Waals surface area contributed by atoms with Crippen molar-refractivity contribution in [2.45, 2.75) is 34.9 Å². The molecule has 8 heteroatoms. The number of sulfonamides is 1. The minimum absolute atomic E-state index is 0.0998. The first-order chi connectivity index (χ1) is 12.7. The van der Waals surface area contributed by atoms with Crippen LogP contribution in [-0.2, 0) is 21.4 Å². The minimum atomic E-state index is -3.68. The number of hydrogen-bond acceptors (Lipinski definition) is 5. The molecule has 0 unspecified atom stereocenters. The predicted octanol–water partition coefficient (Wildman–Crippen LogP) is 3.05. The van der Waals surface area contributed by atoms with E-state index in [-0.39, 0.29) is 22.6 Å². The van der Waals surface area contributed by atoms with Gasteiger partial charge in [-0.2, -0.15) is 0 Å². The average molecular weight is 406 g/mol. The number of amides is 1. The van der Waals surface area contributed by atoms with Gasteiger partial charge < -0.3 is 10.2 Å². The second-order valence-electron chi connectivity index (χ2n) is 6.72. The molecule has 0 spiro atoms. The van der Waals surface area contributed by atoms with Gasteiger partial charge in [0, 0.05) is 42.9 Å². The summed E-state index contributed by atoms with van der Waals surface area (Å²) in [5.74, 6) is -0.0998. The molecule has 1 aliphatic rings. The highest BCUT2D eigenvalue weighted by atomic mass is 32.2. The van der Waals surface area contributed by atoms with Crippen LogP contribution in [0.15, 0.2) is 52.3 Å². The number of rotatable bonds is 5. The van der Waals surface area contributed by atoms with E-state index in [9.17, 15) is 13.2 Å². The quantitative estimate of drug-likeness (QED) is 0.799. The Kier molecular flexibility index (Phi) is 5.78. The van der Waals surface area contributed by atoms with Crippen molar-refractivity contribution in [2.24, 2.45) is 0 Å². The Bertz CT molecular complexity index is 941. The van der Waals surface area contributed by atoms with Crippen LogP contribution in [0.25, 0.3) is 0 Å². The first kappa shape index (κ1) is 19.7. The Hall–Kier alpha value is -2.03. The summed E-state index contributed by atoms with van der Waals surface area (Å²) in [5.41, 5.74) is 2.47. The number of hydrogen-bond donors (Lipinski definition) is 2. The van der Waals surface area contributed by atoms with Crippen LogP contribution in [0.1, 0.15) is 18.9 Å². The first-order valence-corrected chi connectivity index (χ1v) is 11.0. The maximum Gasteiger partial charge on any atom is 0.240 e. The fourth-order valence-corrected chi connectivity index (χ4v) is 4.87. The second kappa shape index (κ2) is 7.92. The monoisotopic (exact) mass is 405 g/mol. The summed E-state index contributed by atoms with van der Waals surface area (Å²) in [4.78, 5) is 14.9. The molecule has 0 fully saturated rings. The Morgan fingerprint density at radius 1 is 1.19 bits per heavy atom. The van der Waals surface area contributed by atoms with Crippen LogP contribution < -0.4 is 14.9 Å². The number of nitrogens with zero attached hydrogens (tertiary/aromatic N) is 1. The zero-order valence-electron chi connectivity index (χ0n) is 15.5. The van der Waals surface area contributed by atoms with Gasteiger partial charge in [-0.3, -0.25) is 4.79 Å². The number of nitrogens with one attached hydrogen (secondary N) is 2. The van der Waals surface area contributed by atoms with Gasteiger partial charge >= 0.3 is 0 Å². The maximum atomic E-state index is 12.7. The van der Waals surface area contributed by atoms with Crippen molar-refractivity contribution in [1.82, 2.24) is 4.72 Å². The smallest absolute Gasteiger partial charge is 0.240 e. The normalized spacial score (nSPS) is 17.0. The number of benzene rings is 2. The number of carbonyl (C=O) groups excluding carboxylic acids is 1. The van der Waals surface area contributed by atoms with Gasteiger partial charge in [0.05, 0.1) is 10.6 Å². The molecule has 0 saturated carbocycles.